The summed E-state index contributed by atoms with van der Waals surface area (Å²) in [7, 11) is 1.69. The van der Waals surface area contributed by atoms with Crippen LogP contribution in [0.25, 0.3) is 0 Å². The minimum absolute atomic E-state index is 0.0128. The Morgan fingerprint density at radius 2 is 2.27 bits per heavy atom. The number of aromatic amines is 1. The van der Waals surface area contributed by atoms with E-state index in [0.717, 1.165) is 0 Å². The third kappa shape index (κ3) is 4.20. The van der Waals surface area contributed by atoms with Gasteiger partial charge in [0.25, 0.3) is 5.91 Å². The molecular formula is C16H22N6O4. The van der Waals surface area contributed by atoms with E-state index in [9.17, 15) is 9.59 Å². The first kappa shape index (κ1) is 17.9. The summed E-state index contributed by atoms with van der Waals surface area (Å²) in [4.78, 5) is 23.8. The molecule has 0 bridgehead atoms. The Morgan fingerprint density at radius 3 is 2.96 bits per heavy atom. The predicted molar refractivity (Wildman–Crippen MR) is 91.6 cm³/mol. The molecule has 1 aliphatic heterocycles. The van der Waals surface area contributed by atoms with E-state index >= 15 is 0 Å². The van der Waals surface area contributed by atoms with Crippen LogP contribution in [0.1, 0.15) is 42.6 Å². The normalized spacial score (nSPS) is 19.5. The molecule has 1 fully saturated rings. The fourth-order valence-corrected chi connectivity index (χ4v) is 2.66. The monoisotopic (exact) mass is 362 g/mol. The number of aryl methyl sites for hydroxylation is 1. The van der Waals surface area contributed by atoms with Crippen LogP contribution < -0.4 is 10.6 Å². The van der Waals surface area contributed by atoms with Crippen molar-refractivity contribution in [3.8, 4) is 0 Å². The molecule has 10 heteroatoms. The minimum atomic E-state index is -0.456. The van der Waals surface area contributed by atoms with Gasteiger partial charge in [0.2, 0.25) is 0 Å². The molecule has 1 saturated heterocycles. The first-order valence-corrected chi connectivity index (χ1v) is 8.35. The van der Waals surface area contributed by atoms with Crippen molar-refractivity contribution in [3.63, 3.8) is 0 Å². The highest BCUT2D eigenvalue weighted by Gasteiger charge is 2.31. The van der Waals surface area contributed by atoms with E-state index in [2.05, 4.69) is 25.9 Å². The average Bonchev–Trinajstić information content (AvgIpc) is 3.27. The maximum atomic E-state index is 12.2. The molecule has 0 aliphatic carbocycles. The lowest BCUT2D eigenvalue weighted by molar-refractivity contribution is 0.0682. The van der Waals surface area contributed by atoms with E-state index < -0.39 is 6.09 Å². The van der Waals surface area contributed by atoms with Crippen molar-refractivity contribution in [2.75, 3.05) is 11.9 Å². The zero-order valence-corrected chi connectivity index (χ0v) is 14.9. The minimum Gasteiger partial charge on any atom is -0.444 e. The van der Waals surface area contributed by atoms with Gasteiger partial charge in [-0.3, -0.25) is 14.6 Å². The molecule has 0 aromatic carbocycles. The largest absolute Gasteiger partial charge is 0.444 e. The van der Waals surface area contributed by atoms with Gasteiger partial charge in [0, 0.05) is 31.8 Å². The fourth-order valence-electron chi connectivity index (χ4n) is 2.66. The standard InChI is InChI=1S/C16H22N6O4/c1-9(2)18-16(24)26-10-6-13(25-8-10)11-7-14(21-20-11)19-15(23)12-4-5-17-22(12)3/h4-5,7,9-10,13H,6,8H2,1-3H3,(H,18,24)(H2,19,20,21,23). The first-order valence-electron chi connectivity index (χ1n) is 8.35. The quantitative estimate of drug-likeness (QED) is 0.738. The van der Waals surface area contributed by atoms with Gasteiger partial charge in [-0.1, -0.05) is 0 Å². The summed E-state index contributed by atoms with van der Waals surface area (Å²) in [5.74, 6) is 0.0821. The van der Waals surface area contributed by atoms with E-state index in [4.69, 9.17) is 9.47 Å². The van der Waals surface area contributed by atoms with Crippen molar-refractivity contribution in [3.05, 3.63) is 29.7 Å². The molecule has 0 saturated carbocycles. The number of anilines is 1. The summed E-state index contributed by atoms with van der Waals surface area (Å²) in [6, 6.07) is 3.33. The van der Waals surface area contributed by atoms with Crippen LogP contribution in [0.15, 0.2) is 18.3 Å². The number of aromatic nitrogens is 4. The molecule has 2 unspecified atom stereocenters. The zero-order chi connectivity index (χ0) is 18.7. The van der Waals surface area contributed by atoms with Crippen molar-refractivity contribution < 1.29 is 19.1 Å². The van der Waals surface area contributed by atoms with Crippen molar-refractivity contribution >= 4 is 17.8 Å². The summed E-state index contributed by atoms with van der Waals surface area (Å²) in [5, 5.41) is 16.3. The molecule has 2 aromatic rings. The molecular weight excluding hydrogens is 340 g/mol. The van der Waals surface area contributed by atoms with Gasteiger partial charge in [0.1, 0.15) is 17.9 Å². The second kappa shape index (κ2) is 7.56. The number of H-pyrrole nitrogens is 1. The van der Waals surface area contributed by atoms with Crippen molar-refractivity contribution in [1.82, 2.24) is 25.3 Å². The molecule has 2 aromatic heterocycles. The number of ether oxygens (including phenoxy) is 2. The topological polar surface area (TPSA) is 123 Å². The molecule has 10 nitrogen and oxygen atoms in total. The average molecular weight is 362 g/mol. The first-order chi connectivity index (χ1) is 12.4. The van der Waals surface area contributed by atoms with Gasteiger partial charge in [-0.05, 0) is 19.9 Å². The lowest BCUT2D eigenvalue weighted by Crippen LogP contribution is -2.33. The van der Waals surface area contributed by atoms with Crippen LogP contribution in [0.2, 0.25) is 0 Å². The molecule has 26 heavy (non-hydrogen) atoms. The van der Waals surface area contributed by atoms with Crippen LogP contribution in [-0.2, 0) is 16.5 Å². The zero-order valence-electron chi connectivity index (χ0n) is 14.9. The highest BCUT2D eigenvalue weighted by molar-refractivity contribution is 6.02. The van der Waals surface area contributed by atoms with Gasteiger partial charge in [0.05, 0.1) is 12.3 Å². The highest BCUT2D eigenvalue weighted by atomic mass is 16.6. The number of alkyl carbamates (subject to hydrolysis) is 1. The Labute approximate surface area is 150 Å². The van der Waals surface area contributed by atoms with Gasteiger partial charge < -0.3 is 20.1 Å². The number of rotatable bonds is 5. The molecule has 140 valence electrons. The number of nitrogens with one attached hydrogen (secondary N) is 3. The van der Waals surface area contributed by atoms with Crippen LogP contribution in [0.3, 0.4) is 0 Å². The summed E-state index contributed by atoms with van der Waals surface area (Å²) in [6.45, 7) is 4.04. The maximum Gasteiger partial charge on any atom is 0.407 e. The number of hydrogen-bond acceptors (Lipinski definition) is 6. The van der Waals surface area contributed by atoms with Crippen LogP contribution in [-0.4, -0.2) is 50.7 Å². The third-order valence-corrected chi connectivity index (χ3v) is 3.88. The molecule has 3 N–H and O–H groups in total. The summed E-state index contributed by atoms with van der Waals surface area (Å²) in [6.07, 6.45) is 1.01. The third-order valence-electron chi connectivity index (χ3n) is 3.88. The molecule has 2 atom stereocenters. The van der Waals surface area contributed by atoms with Crippen LogP contribution >= 0.6 is 0 Å². The molecule has 3 rings (SSSR count). The number of carbonyl (C=O) groups is 2. The second-order valence-electron chi connectivity index (χ2n) is 6.39. The second-order valence-corrected chi connectivity index (χ2v) is 6.39. The number of carbonyl (C=O) groups excluding carboxylic acids is 2. The van der Waals surface area contributed by atoms with Gasteiger partial charge in [-0.15, -0.1) is 0 Å². The molecule has 3 heterocycles. The van der Waals surface area contributed by atoms with Gasteiger partial charge in [-0.25, -0.2) is 4.79 Å². The van der Waals surface area contributed by atoms with Crippen molar-refractivity contribution in [2.45, 2.75) is 38.5 Å². The number of hydrogen-bond donors (Lipinski definition) is 3. The number of amides is 2. The Bertz CT molecular complexity index is 783. The van der Waals surface area contributed by atoms with E-state index in [-0.39, 0.29) is 24.2 Å². The Morgan fingerprint density at radius 1 is 1.46 bits per heavy atom. The van der Waals surface area contributed by atoms with E-state index in [1.54, 1.807) is 25.4 Å². The van der Waals surface area contributed by atoms with Crippen LogP contribution in [0, 0.1) is 0 Å². The van der Waals surface area contributed by atoms with Crippen molar-refractivity contribution in [2.24, 2.45) is 7.05 Å². The fraction of sp³-hybridized carbons (Fsp3) is 0.500. The SMILES string of the molecule is CC(C)NC(=O)OC1COC(c2cc(NC(=O)c3ccnn3C)n[nH]2)C1. The van der Waals surface area contributed by atoms with Gasteiger partial charge >= 0.3 is 6.09 Å². The Balaban J connectivity index is 1.54. The predicted octanol–water partition coefficient (Wildman–Crippen LogP) is 1.36. The van der Waals surface area contributed by atoms with Gasteiger partial charge in [0.15, 0.2) is 5.82 Å². The van der Waals surface area contributed by atoms with E-state index in [0.29, 0.717) is 30.2 Å². The summed E-state index contributed by atoms with van der Waals surface area (Å²) < 4.78 is 12.5. The maximum absolute atomic E-state index is 12.2. The molecule has 2 amide bonds. The molecule has 0 radical (unpaired) electrons. The van der Waals surface area contributed by atoms with E-state index in [1.165, 1.54) is 4.68 Å². The lowest BCUT2D eigenvalue weighted by atomic mass is 10.1. The van der Waals surface area contributed by atoms with Crippen molar-refractivity contribution in [1.29, 1.82) is 0 Å². The highest BCUT2D eigenvalue weighted by Crippen LogP contribution is 2.30. The van der Waals surface area contributed by atoms with E-state index in [1.807, 2.05) is 13.8 Å². The Kier molecular flexibility index (Phi) is 5.21. The van der Waals surface area contributed by atoms with Crippen LogP contribution in [0.4, 0.5) is 10.6 Å². The van der Waals surface area contributed by atoms with Gasteiger partial charge in [-0.2, -0.15) is 10.2 Å². The summed E-state index contributed by atoms with van der Waals surface area (Å²) in [5.41, 5.74) is 1.14. The molecule has 0 spiro atoms. The van der Waals surface area contributed by atoms with Crippen LogP contribution in [0.5, 0.6) is 0 Å². The number of nitrogens with zero attached hydrogens (tertiary/aromatic N) is 3. The lowest BCUT2D eigenvalue weighted by Gasteiger charge is -2.13. The molecule has 1 aliphatic rings. The smallest absolute Gasteiger partial charge is 0.407 e. The summed E-state index contributed by atoms with van der Waals surface area (Å²) >= 11 is 0. The Hall–Kier alpha value is -2.88.